The number of ether oxygens (including phenoxy) is 1. The molecule has 1 aliphatic heterocycles. The molecule has 0 bridgehead atoms. The van der Waals surface area contributed by atoms with Crippen LogP contribution in [0.15, 0.2) is 82.7 Å². The lowest BCUT2D eigenvalue weighted by Crippen LogP contribution is -2.31. The van der Waals surface area contributed by atoms with Crippen LogP contribution in [0.1, 0.15) is 27.7 Å². The predicted molar refractivity (Wildman–Crippen MR) is 107 cm³/mol. The molecular formula is C23H19NO5. The maximum Gasteiger partial charge on any atom is 0.294 e. The lowest BCUT2D eigenvalue weighted by atomic mass is 9.92. The fraction of sp³-hybridized carbons (Fsp3) is 0.130. The topological polar surface area (TPSA) is 80.0 Å². The van der Waals surface area contributed by atoms with E-state index >= 15 is 0 Å². The fourth-order valence-corrected chi connectivity index (χ4v) is 3.57. The summed E-state index contributed by atoms with van der Waals surface area (Å²) in [6.45, 7) is 1.90. The molecule has 0 saturated carbocycles. The van der Waals surface area contributed by atoms with E-state index in [2.05, 4.69) is 0 Å². The molecule has 0 spiro atoms. The number of nitrogens with zero attached hydrogens (tertiary/aromatic N) is 1. The number of rotatable bonds is 5. The molecule has 1 amide bonds. The normalized spacial score (nSPS) is 16.4. The van der Waals surface area contributed by atoms with Gasteiger partial charge >= 0.3 is 0 Å². The average Bonchev–Trinajstić information content (AvgIpc) is 3.36. The van der Waals surface area contributed by atoms with E-state index in [4.69, 9.17) is 9.15 Å². The zero-order chi connectivity index (χ0) is 20.5. The van der Waals surface area contributed by atoms with E-state index in [1.807, 2.05) is 31.2 Å². The van der Waals surface area contributed by atoms with Gasteiger partial charge in [-0.05, 0) is 54.4 Å². The van der Waals surface area contributed by atoms with Gasteiger partial charge < -0.3 is 14.3 Å². The summed E-state index contributed by atoms with van der Waals surface area (Å²) in [6.07, 6.45) is 1.38. The maximum absolute atomic E-state index is 13.1. The van der Waals surface area contributed by atoms with E-state index in [-0.39, 0.29) is 11.3 Å². The van der Waals surface area contributed by atoms with Crippen LogP contribution in [0, 0.1) is 6.92 Å². The summed E-state index contributed by atoms with van der Waals surface area (Å²) in [5.74, 6) is -1.04. The van der Waals surface area contributed by atoms with Crippen molar-refractivity contribution in [3.05, 3.63) is 95.1 Å². The minimum atomic E-state index is -0.783. The third-order valence-electron chi connectivity index (χ3n) is 5.03. The molecule has 1 atom stereocenters. The standard InChI is InChI=1S/C23H19NO5/c1-14-6-3-4-7-17(14)20-19(21(25)18-8-5-13-29-18)22(26)23(27)24(20)15-9-11-16(28-2)12-10-15/h3-13,20,26H,1-2H3. The van der Waals surface area contributed by atoms with Gasteiger partial charge in [-0.2, -0.15) is 0 Å². The summed E-state index contributed by atoms with van der Waals surface area (Å²) in [7, 11) is 1.56. The largest absolute Gasteiger partial charge is 0.503 e. The van der Waals surface area contributed by atoms with E-state index in [0.717, 1.165) is 11.1 Å². The molecule has 0 aliphatic carbocycles. The number of furan rings is 1. The zero-order valence-corrected chi connectivity index (χ0v) is 16.0. The summed E-state index contributed by atoms with van der Waals surface area (Å²) in [4.78, 5) is 27.6. The number of aliphatic hydroxyl groups is 1. The van der Waals surface area contributed by atoms with E-state index in [1.165, 1.54) is 17.2 Å². The van der Waals surface area contributed by atoms with E-state index < -0.39 is 23.5 Å². The number of Topliss-reactive ketones (excluding diaryl/α,β-unsaturated/α-hetero) is 1. The highest BCUT2D eigenvalue weighted by Crippen LogP contribution is 2.43. The number of hydrogen-bond donors (Lipinski definition) is 1. The van der Waals surface area contributed by atoms with Crippen molar-refractivity contribution in [3.8, 4) is 5.75 Å². The van der Waals surface area contributed by atoms with Crippen LogP contribution in [0.5, 0.6) is 5.75 Å². The minimum Gasteiger partial charge on any atom is -0.503 e. The number of carbonyl (C=O) groups is 2. The van der Waals surface area contributed by atoms with Crippen molar-refractivity contribution < 1.29 is 23.8 Å². The lowest BCUT2D eigenvalue weighted by Gasteiger charge is -2.28. The predicted octanol–water partition coefficient (Wildman–Crippen LogP) is 4.38. The Labute approximate surface area is 167 Å². The monoisotopic (exact) mass is 389 g/mol. The number of benzene rings is 2. The van der Waals surface area contributed by atoms with Crippen LogP contribution in [-0.2, 0) is 4.79 Å². The summed E-state index contributed by atoms with van der Waals surface area (Å²) < 4.78 is 10.4. The van der Waals surface area contributed by atoms with Crippen molar-refractivity contribution in [2.24, 2.45) is 0 Å². The lowest BCUT2D eigenvalue weighted by molar-refractivity contribution is -0.117. The van der Waals surface area contributed by atoms with Crippen LogP contribution in [0.25, 0.3) is 0 Å². The number of aliphatic hydroxyl groups excluding tert-OH is 1. The van der Waals surface area contributed by atoms with E-state index in [1.54, 1.807) is 37.4 Å². The first kappa shape index (κ1) is 18.6. The van der Waals surface area contributed by atoms with Gasteiger partial charge in [0.25, 0.3) is 5.91 Å². The van der Waals surface area contributed by atoms with Crippen molar-refractivity contribution in [1.29, 1.82) is 0 Å². The molecule has 0 saturated heterocycles. The smallest absolute Gasteiger partial charge is 0.294 e. The van der Waals surface area contributed by atoms with Gasteiger partial charge in [-0.15, -0.1) is 0 Å². The minimum absolute atomic E-state index is 0.00457. The van der Waals surface area contributed by atoms with Crippen molar-refractivity contribution in [3.63, 3.8) is 0 Å². The van der Waals surface area contributed by atoms with E-state index in [0.29, 0.717) is 11.4 Å². The second-order valence-corrected chi connectivity index (χ2v) is 6.70. The second-order valence-electron chi connectivity index (χ2n) is 6.70. The van der Waals surface area contributed by atoms with Gasteiger partial charge in [-0.3, -0.25) is 14.5 Å². The third-order valence-corrected chi connectivity index (χ3v) is 5.03. The maximum atomic E-state index is 13.1. The highest BCUT2D eigenvalue weighted by atomic mass is 16.5. The Morgan fingerprint density at radius 3 is 2.41 bits per heavy atom. The Bertz CT molecular complexity index is 1100. The molecule has 3 aromatic rings. The molecule has 1 aromatic heterocycles. The Balaban J connectivity index is 1.88. The Kier molecular flexibility index (Phi) is 4.68. The Morgan fingerprint density at radius 2 is 1.79 bits per heavy atom. The van der Waals surface area contributed by atoms with Gasteiger partial charge in [0.1, 0.15) is 5.75 Å². The first-order valence-electron chi connectivity index (χ1n) is 9.07. The van der Waals surface area contributed by atoms with Gasteiger partial charge in [0.15, 0.2) is 11.5 Å². The van der Waals surface area contributed by atoms with Gasteiger partial charge in [0.2, 0.25) is 5.78 Å². The summed E-state index contributed by atoms with van der Waals surface area (Å²) >= 11 is 0. The van der Waals surface area contributed by atoms with Gasteiger partial charge in [0.05, 0.1) is 25.0 Å². The van der Waals surface area contributed by atoms with Gasteiger partial charge in [0, 0.05) is 5.69 Å². The molecule has 2 aromatic carbocycles. The van der Waals surface area contributed by atoms with Crippen LogP contribution in [-0.4, -0.2) is 23.9 Å². The van der Waals surface area contributed by atoms with Crippen molar-refractivity contribution >= 4 is 17.4 Å². The zero-order valence-electron chi connectivity index (χ0n) is 16.0. The van der Waals surface area contributed by atoms with Crippen molar-refractivity contribution in [2.75, 3.05) is 12.0 Å². The molecule has 1 unspecified atom stereocenters. The van der Waals surface area contributed by atoms with Crippen molar-refractivity contribution in [1.82, 2.24) is 0 Å². The van der Waals surface area contributed by atoms with Crippen LogP contribution >= 0.6 is 0 Å². The van der Waals surface area contributed by atoms with Gasteiger partial charge in [-0.25, -0.2) is 0 Å². The molecule has 1 aliphatic rings. The number of ketones is 1. The Morgan fingerprint density at radius 1 is 1.07 bits per heavy atom. The first-order valence-corrected chi connectivity index (χ1v) is 9.07. The highest BCUT2D eigenvalue weighted by molar-refractivity contribution is 6.20. The van der Waals surface area contributed by atoms with E-state index in [9.17, 15) is 14.7 Å². The molecule has 29 heavy (non-hydrogen) atoms. The average molecular weight is 389 g/mol. The first-order chi connectivity index (χ1) is 14.0. The number of anilines is 1. The summed E-state index contributed by atoms with van der Waals surface area (Å²) in [5.41, 5.74) is 2.17. The van der Waals surface area contributed by atoms with Gasteiger partial charge in [-0.1, -0.05) is 24.3 Å². The number of carbonyl (C=O) groups excluding carboxylic acids is 2. The summed E-state index contributed by atoms with van der Waals surface area (Å²) in [6, 6.07) is 16.7. The van der Waals surface area contributed by atoms with Crippen LogP contribution in [0.2, 0.25) is 0 Å². The summed E-state index contributed by atoms with van der Waals surface area (Å²) in [5, 5.41) is 10.7. The van der Waals surface area contributed by atoms with Crippen LogP contribution < -0.4 is 9.64 Å². The molecule has 0 radical (unpaired) electrons. The quantitative estimate of drug-likeness (QED) is 0.655. The molecule has 6 nitrogen and oxygen atoms in total. The molecule has 2 heterocycles. The highest BCUT2D eigenvalue weighted by Gasteiger charge is 2.45. The van der Waals surface area contributed by atoms with Crippen LogP contribution in [0.3, 0.4) is 0 Å². The molecule has 4 rings (SSSR count). The molecule has 6 heteroatoms. The number of methoxy groups -OCH3 is 1. The molecule has 1 N–H and O–H groups in total. The number of hydrogen-bond acceptors (Lipinski definition) is 5. The number of amides is 1. The molecule has 146 valence electrons. The molecule has 0 fully saturated rings. The second kappa shape index (κ2) is 7.31. The van der Waals surface area contributed by atoms with Crippen LogP contribution in [0.4, 0.5) is 5.69 Å². The SMILES string of the molecule is COc1ccc(N2C(=O)C(O)=C(C(=O)c3ccco3)C2c2ccccc2C)cc1. The molecular weight excluding hydrogens is 370 g/mol. The fourth-order valence-electron chi connectivity index (χ4n) is 3.57. The van der Waals surface area contributed by atoms with Crippen molar-refractivity contribution in [2.45, 2.75) is 13.0 Å². The Hall–Kier alpha value is -3.80. The number of aryl methyl sites for hydroxylation is 1. The third kappa shape index (κ3) is 3.08.